The molecule has 0 unspecified atom stereocenters. The van der Waals surface area contributed by atoms with Crippen LogP contribution in [0, 0.1) is 0 Å². The van der Waals surface area contributed by atoms with Gasteiger partial charge in [-0.25, -0.2) is 8.42 Å². The molecule has 4 nitrogen and oxygen atoms in total. The first kappa shape index (κ1) is 15.4. The van der Waals surface area contributed by atoms with Gasteiger partial charge in [0.05, 0.1) is 5.02 Å². The molecule has 0 radical (unpaired) electrons. The van der Waals surface area contributed by atoms with E-state index >= 15 is 0 Å². The smallest absolute Gasteiger partial charge is 0.246 e. The highest BCUT2D eigenvalue weighted by Crippen LogP contribution is 2.24. The summed E-state index contributed by atoms with van der Waals surface area (Å²) in [5.74, 6) is 0. The lowest BCUT2D eigenvalue weighted by molar-refractivity contribution is 0.466. The van der Waals surface area contributed by atoms with Crippen LogP contribution in [0.1, 0.15) is 5.56 Å². The minimum absolute atomic E-state index is 0.0131. The highest BCUT2D eigenvalue weighted by Gasteiger charge is 2.23. The minimum Gasteiger partial charge on any atom is -0.263 e. The van der Waals surface area contributed by atoms with Crippen molar-refractivity contribution in [2.75, 3.05) is 7.05 Å². The largest absolute Gasteiger partial charge is 0.263 e. The quantitative estimate of drug-likeness (QED) is 0.823. The van der Waals surface area contributed by atoms with E-state index in [1.807, 2.05) is 24.3 Å². The van der Waals surface area contributed by atoms with E-state index in [0.717, 1.165) is 10.0 Å². The van der Waals surface area contributed by atoms with Crippen LogP contribution in [0.4, 0.5) is 0 Å². The highest BCUT2D eigenvalue weighted by molar-refractivity contribution is 9.10. The molecule has 0 amide bonds. The number of rotatable bonds is 4. The Balaban J connectivity index is 2.29. The molecule has 2 rings (SSSR count). The van der Waals surface area contributed by atoms with Gasteiger partial charge in [-0.05, 0) is 23.8 Å². The molecular formula is C13H12BrClN2O2S. The summed E-state index contributed by atoms with van der Waals surface area (Å²) in [6.07, 6.45) is 2.71. The molecule has 0 saturated heterocycles. The maximum Gasteiger partial charge on any atom is 0.246 e. The Labute approximate surface area is 131 Å². The van der Waals surface area contributed by atoms with E-state index in [1.165, 1.54) is 29.8 Å². The van der Waals surface area contributed by atoms with E-state index in [9.17, 15) is 8.42 Å². The van der Waals surface area contributed by atoms with Crippen molar-refractivity contribution in [2.45, 2.75) is 11.4 Å². The fraction of sp³-hybridized carbons (Fsp3) is 0.154. The monoisotopic (exact) mass is 374 g/mol. The van der Waals surface area contributed by atoms with Crippen molar-refractivity contribution in [3.05, 3.63) is 57.8 Å². The maximum absolute atomic E-state index is 12.4. The van der Waals surface area contributed by atoms with Gasteiger partial charge in [-0.2, -0.15) is 4.31 Å². The molecule has 106 valence electrons. The SMILES string of the molecule is CN(Cc1cccc(Br)c1)S(=O)(=O)c1cnccc1Cl. The summed E-state index contributed by atoms with van der Waals surface area (Å²) >= 11 is 9.29. The van der Waals surface area contributed by atoms with Crippen molar-refractivity contribution >= 4 is 37.6 Å². The van der Waals surface area contributed by atoms with E-state index in [1.54, 1.807) is 0 Å². The van der Waals surface area contributed by atoms with E-state index in [2.05, 4.69) is 20.9 Å². The van der Waals surface area contributed by atoms with Crippen LogP contribution in [0.2, 0.25) is 5.02 Å². The number of halogens is 2. The van der Waals surface area contributed by atoms with Crippen LogP contribution >= 0.6 is 27.5 Å². The number of benzene rings is 1. The second kappa shape index (κ2) is 6.22. The molecule has 0 saturated carbocycles. The first-order valence-electron chi connectivity index (χ1n) is 5.71. The van der Waals surface area contributed by atoms with Crippen molar-refractivity contribution < 1.29 is 8.42 Å². The molecule has 0 aliphatic heterocycles. The molecule has 1 aromatic carbocycles. The Hall–Kier alpha value is -0.950. The molecule has 7 heteroatoms. The topological polar surface area (TPSA) is 50.3 Å². The maximum atomic E-state index is 12.4. The normalized spacial score (nSPS) is 11.8. The zero-order chi connectivity index (χ0) is 14.8. The van der Waals surface area contributed by atoms with Crippen LogP contribution in [-0.4, -0.2) is 24.8 Å². The van der Waals surface area contributed by atoms with Crippen LogP contribution in [0.5, 0.6) is 0 Å². The van der Waals surface area contributed by atoms with Gasteiger partial charge in [0.2, 0.25) is 10.0 Å². The van der Waals surface area contributed by atoms with Gasteiger partial charge in [0.25, 0.3) is 0 Å². The number of aromatic nitrogens is 1. The van der Waals surface area contributed by atoms with Gasteiger partial charge < -0.3 is 0 Å². The molecule has 20 heavy (non-hydrogen) atoms. The summed E-state index contributed by atoms with van der Waals surface area (Å²) in [5, 5.41) is 0.168. The number of hydrogen-bond donors (Lipinski definition) is 0. The lowest BCUT2D eigenvalue weighted by Gasteiger charge is -2.17. The Morgan fingerprint density at radius 3 is 2.75 bits per heavy atom. The molecule has 1 aromatic heterocycles. The Morgan fingerprint density at radius 2 is 2.10 bits per heavy atom. The minimum atomic E-state index is -3.66. The van der Waals surface area contributed by atoms with Crippen molar-refractivity contribution in [1.29, 1.82) is 0 Å². The zero-order valence-corrected chi connectivity index (χ0v) is 13.8. The van der Waals surface area contributed by atoms with E-state index in [0.29, 0.717) is 0 Å². The van der Waals surface area contributed by atoms with Gasteiger partial charge in [0, 0.05) is 30.5 Å². The van der Waals surface area contributed by atoms with Gasteiger partial charge in [0.15, 0.2) is 0 Å². The molecule has 2 aromatic rings. The third-order valence-electron chi connectivity index (χ3n) is 2.72. The fourth-order valence-electron chi connectivity index (χ4n) is 1.70. The summed E-state index contributed by atoms with van der Waals surface area (Å²) in [5.41, 5.74) is 0.880. The second-order valence-electron chi connectivity index (χ2n) is 4.20. The van der Waals surface area contributed by atoms with Crippen molar-refractivity contribution in [3.8, 4) is 0 Å². The number of sulfonamides is 1. The molecule has 0 aliphatic carbocycles. The summed E-state index contributed by atoms with van der Waals surface area (Å²) in [7, 11) is -2.14. The average molecular weight is 376 g/mol. The third-order valence-corrected chi connectivity index (χ3v) is 5.48. The van der Waals surface area contributed by atoms with Crippen LogP contribution in [0.25, 0.3) is 0 Å². The van der Waals surface area contributed by atoms with Gasteiger partial charge in [-0.15, -0.1) is 0 Å². The molecule has 0 atom stereocenters. The second-order valence-corrected chi connectivity index (χ2v) is 7.53. The predicted molar refractivity (Wildman–Crippen MR) is 82.0 cm³/mol. The van der Waals surface area contributed by atoms with Crippen molar-refractivity contribution in [1.82, 2.24) is 9.29 Å². The Kier molecular flexibility index (Phi) is 4.80. The van der Waals surface area contributed by atoms with Crippen molar-refractivity contribution in [2.24, 2.45) is 0 Å². The molecule has 0 spiro atoms. The molecule has 0 bridgehead atoms. The van der Waals surface area contributed by atoms with Crippen LogP contribution in [-0.2, 0) is 16.6 Å². The summed E-state index contributed by atoms with van der Waals surface area (Å²) in [6, 6.07) is 8.94. The Morgan fingerprint density at radius 1 is 1.35 bits per heavy atom. The summed E-state index contributed by atoms with van der Waals surface area (Å²) in [4.78, 5) is 3.83. The predicted octanol–water partition coefficient (Wildman–Crippen LogP) is 3.32. The van der Waals surface area contributed by atoms with E-state index in [4.69, 9.17) is 11.6 Å². The molecule has 0 aliphatic rings. The number of pyridine rings is 1. The highest BCUT2D eigenvalue weighted by atomic mass is 79.9. The van der Waals surface area contributed by atoms with Crippen LogP contribution in [0.15, 0.2) is 52.1 Å². The molecule has 1 heterocycles. The summed E-state index contributed by atoms with van der Waals surface area (Å²) < 4.78 is 27.0. The van der Waals surface area contributed by atoms with Crippen LogP contribution < -0.4 is 0 Å². The third kappa shape index (κ3) is 3.38. The van der Waals surface area contributed by atoms with Gasteiger partial charge >= 0.3 is 0 Å². The fourth-order valence-corrected chi connectivity index (χ4v) is 3.71. The Bertz CT molecular complexity index is 722. The van der Waals surface area contributed by atoms with E-state index in [-0.39, 0.29) is 16.5 Å². The molecule has 0 fully saturated rings. The lowest BCUT2D eigenvalue weighted by Crippen LogP contribution is -2.26. The summed E-state index contributed by atoms with van der Waals surface area (Å²) in [6.45, 7) is 0.257. The van der Waals surface area contributed by atoms with Gasteiger partial charge in [-0.1, -0.05) is 39.7 Å². The van der Waals surface area contributed by atoms with E-state index < -0.39 is 10.0 Å². The van der Waals surface area contributed by atoms with Gasteiger partial charge in [-0.3, -0.25) is 4.98 Å². The van der Waals surface area contributed by atoms with Crippen LogP contribution in [0.3, 0.4) is 0 Å². The standard InChI is InChI=1S/C13H12BrClN2O2S/c1-17(9-10-3-2-4-11(14)7-10)20(18,19)13-8-16-6-5-12(13)15/h2-8H,9H2,1H3. The molecule has 0 N–H and O–H groups in total. The molecular weight excluding hydrogens is 364 g/mol. The van der Waals surface area contributed by atoms with Gasteiger partial charge in [0.1, 0.15) is 4.90 Å². The zero-order valence-electron chi connectivity index (χ0n) is 10.6. The first-order chi connectivity index (χ1) is 9.41. The van der Waals surface area contributed by atoms with Crippen molar-refractivity contribution in [3.63, 3.8) is 0 Å². The number of nitrogens with zero attached hydrogens (tertiary/aromatic N) is 2. The first-order valence-corrected chi connectivity index (χ1v) is 8.32. The average Bonchev–Trinajstić information content (AvgIpc) is 2.39. The number of hydrogen-bond acceptors (Lipinski definition) is 3. The lowest BCUT2D eigenvalue weighted by atomic mass is 10.2.